The van der Waals surface area contributed by atoms with Crippen LogP contribution >= 0.6 is 0 Å². The number of unbranched alkanes of at least 4 members (excludes halogenated alkanes) is 1. The van der Waals surface area contributed by atoms with Crippen molar-refractivity contribution in [3.05, 3.63) is 46.4 Å². The lowest BCUT2D eigenvalue weighted by Gasteiger charge is -2.21. The van der Waals surface area contributed by atoms with Gasteiger partial charge in [0.25, 0.3) is 0 Å². The van der Waals surface area contributed by atoms with Crippen LogP contribution < -0.4 is 0 Å². The van der Waals surface area contributed by atoms with Crippen LogP contribution in [0.1, 0.15) is 59.3 Å². The maximum Gasteiger partial charge on any atom is 0.305 e. The summed E-state index contributed by atoms with van der Waals surface area (Å²) in [6.45, 7) is 6.07. The van der Waals surface area contributed by atoms with E-state index in [-0.39, 0.29) is 29.8 Å². The molecule has 7 nitrogen and oxygen atoms in total. The third kappa shape index (κ3) is 9.16. The molecule has 0 spiro atoms. The van der Waals surface area contributed by atoms with Gasteiger partial charge >= 0.3 is 5.97 Å². The van der Waals surface area contributed by atoms with Crippen LogP contribution in [0.5, 0.6) is 0 Å². The lowest BCUT2D eigenvalue weighted by molar-refractivity contribution is -0.140. The monoisotopic (exact) mass is 419 g/mol. The second-order valence-electron chi connectivity index (χ2n) is 8.36. The molecule has 168 valence electrons. The molecular weight excluding hydrogens is 382 g/mol. The first-order valence-corrected chi connectivity index (χ1v) is 10.7. The minimum Gasteiger partial charge on any atom is -0.469 e. The third-order valence-electron chi connectivity index (χ3n) is 5.68. The zero-order valence-corrected chi connectivity index (χ0v) is 18.6. The standard InChI is InChI=1S/C23H37N3O4/c1-16(2)11-12-17(3)21(27)14-13-19-18(20(25-26-24)15-22(19)28)9-7-5-6-8-10-23(29)30-4/h5,7,11,13-14,17-22,27-28H,6,8-10,12,15H2,1-4H3/b7-5-,14-13+/t17?,18-,19-,20+,21+,22-/m1/s1. The Kier molecular flexibility index (Phi) is 12.1. The van der Waals surface area contributed by atoms with E-state index in [2.05, 4.69) is 20.8 Å². The minimum atomic E-state index is -0.602. The molecule has 0 radical (unpaired) electrons. The van der Waals surface area contributed by atoms with Crippen LogP contribution in [0.15, 0.2) is 41.1 Å². The van der Waals surface area contributed by atoms with Crippen LogP contribution in [0, 0.1) is 17.8 Å². The van der Waals surface area contributed by atoms with Gasteiger partial charge in [-0.05, 0) is 63.3 Å². The van der Waals surface area contributed by atoms with Gasteiger partial charge in [0.05, 0.1) is 19.3 Å². The molecule has 0 aromatic carbocycles. The molecule has 1 unspecified atom stereocenters. The summed E-state index contributed by atoms with van der Waals surface area (Å²) in [5, 5.41) is 24.8. The number of hydrogen-bond acceptors (Lipinski definition) is 5. The molecule has 2 N–H and O–H groups in total. The summed E-state index contributed by atoms with van der Waals surface area (Å²) < 4.78 is 4.63. The SMILES string of the molecule is COC(=O)CCC/C=C\C[C@@H]1[C@@H](/C=C/[C@H](O)C(C)CC=C(C)C)[C@H](O)C[C@@H]1N=[N+]=[N-]. The van der Waals surface area contributed by atoms with Crippen molar-refractivity contribution < 1.29 is 19.7 Å². The van der Waals surface area contributed by atoms with Crippen LogP contribution in [0.2, 0.25) is 0 Å². The van der Waals surface area contributed by atoms with E-state index < -0.39 is 12.2 Å². The van der Waals surface area contributed by atoms with Crippen molar-refractivity contribution in [1.82, 2.24) is 0 Å². The van der Waals surface area contributed by atoms with Gasteiger partial charge in [0.2, 0.25) is 0 Å². The van der Waals surface area contributed by atoms with Gasteiger partial charge in [-0.3, -0.25) is 4.79 Å². The highest BCUT2D eigenvalue weighted by Crippen LogP contribution is 2.38. The summed E-state index contributed by atoms with van der Waals surface area (Å²) in [6, 6.07) is -0.278. The average Bonchev–Trinajstić information content (AvgIpc) is 3.00. The number of aliphatic hydroxyl groups excluding tert-OH is 2. The van der Waals surface area contributed by atoms with E-state index in [1.54, 1.807) is 6.08 Å². The second-order valence-corrected chi connectivity index (χ2v) is 8.36. The predicted molar refractivity (Wildman–Crippen MR) is 119 cm³/mol. The third-order valence-corrected chi connectivity index (χ3v) is 5.68. The lowest BCUT2D eigenvalue weighted by atomic mass is 9.88. The summed E-state index contributed by atoms with van der Waals surface area (Å²) >= 11 is 0. The number of esters is 1. The van der Waals surface area contributed by atoms with E-state index in [0.717, 1.165) is 19.3 Å². The van der Waals surface area contributed by atoms with E-state index >= 15 is 0 Å². The number of aliphatic hydroxyl groups is 2. The average molecular weight is 420 g/mol. The summed E-state index contributed by atoms with van der Waals surface area (Å²) in [7, 11) is 1.38. The normalized spacial score (nSPS) is 25.8. The van der Waals surface area contributed by atoms with Gasteiger partial charge in [0.15, 0.2) is 0 Å². The molecule has 0 saturated heterocycles. The Bertz CT molecular complexity index is 663. The molecule has 30 heavy (non-hydrogen) atoms. The van der Waals surface area contributed by atoms with Gasteiger partial charge in [-0.15, -0.1) is 0 Å². The largest absolute Gasteiger partial charge is 0.469 e. The number of nitrogens with zero attached hydrogens (tertiary/aromatic N) is 3. The molecule has 0 aromatic heterocycles. The summed E-state index contributed by atoms with van der Waals surface area (Å²) in [5.41, 5.74) is 10.1. The van der Waals surface area contributed by atoms with Crippen molar-refractivity contribution in [3.8, 4) is 0 Å². The molecule has 1 fully saturated rings. The summed E-state index contributed by atoms with van der Waals surface area (Å²) in [4.78, 5) is 14.1. The molecule has 1 rings (SSSR count). The Labute approximate surface area is 180 Å². The number of ether oxygens (including phenoxy) is 1. The summed E-state index contributed by atoms with van der Waals surface area (Å²) in [6.07, 6.45) is 12.3. The number of methoxy groups -OCH3 is 1. The van der Waals surface area contributed by atoms with Gasteiger partial charge in [-0.25, -0.2) is 0 Å². The smallest absolute Gasteiger partial charge is 0.305 e. The summed E-state index contributed by atoms with van der Waals surface area (Å²) in [5.74, 6) is -0.334. The van der Waals surface area contributed by atoms with Crippen molar-refractivity contribution >= 4 is 5.97 Å². The highest BCUT2D eigenvalue weighted by molar-refractivity contribution is 5.69. The first-order chi connectivity index (χ1) is 14.3. The molecular formula is C23H37N3O4. The van der Waals surface area contributed by atoms with Gasteiger partial charge in [-0.2, -0.15) is 0 Å². The Morgan fingerprint density at radius 3 is 2.73 bits per heavy atom. The fourth-order valence-electron chi connectivity index (χ4n) is 3.74. The molecule has 1 aliphatic carbocycles. The second kappa shape index (κ2) is 14.0. The molecule has 6 atom stereocenters. The van der Waals surface area contributed by atoms with Gasteiger partial charge < -0.3 is 14.9 Å². The van der Waals surface area contributed by atoms with Crippen LogP contribution in [0.25, 0.3) is 10.4 Å². The van der Waals surface area contributed by atoms with E-state index in [0.29, 0.717) is 19.3 Å². The Morgan fingerprint density at radius 2 is 2.10 bits per heavy atom. The Balaban J connectivity index is 2.72. The molecule has 7 heteroatoms. The van der Waals surface area contributed by atoms with E-state index in [1.807, 2.05) is 39.0 Å². The van der Waals surface area contributed by atoms with Crippen molar-refractivity contribution in [2.45, 2.75) is 77.5 Å². The maximum absolute atomic E-state index is 11.1. The Morgan fingerprint density at radius 1 is 1.37 bits per heavy atom. The van der Waals surface area contributed by atoms with E-state index in [1.165, 1.54) is 12.7 Å². The number of azide groups is 1. The quantitative estimate of drug-likeness (QED) is 0.117. The number of allylic oxidation sites excluding steroid dienone is 4. The van der Waals surface area contributed by atoms with Crippen molar-refractivity contribution in [3.63, 3.8) is 0 Å². The fraction of sp³-hybridized carbons (Fsp3) is 0.696. The van der Waals surface area contributed by atoms with Crippen LogP contribution in [-0.4, -0.2) is 41.5 Å². The zero-order chi connectivity index (χ0) is 22.5. The molecule has 0 aliphatic heterocycles. The highest BCUT2D eigenvalue weighted by atomic mass is 16.5. The molecule has 0 bridgehead atoms. The highest BCUT2D eigenvalue weighted by Gasteiger charge is 2.40. The molecule has 1 aliphatic rings. The predicted octanol–water partition coefficient (Wildman–Crippen LogP) is 4.86. The molecule has 0 amide bonds. The van der Waals surface area contributed by atoms with Crippen molar-refractivity contribution in [2.24, 2.45) is 22.9 Å². The van der Waals surface area contributed by atoms with E-state index in [9.17, 15) is 15.0 Å². The topological polar surface area (TPSA) is 116 Å². The van der Waals surface area contributed by atoms with Crippen LogP contribution in [0.3, 0.4) is 0 Å². The molecule has 1 saturated carbocycles. The first-order valence-electron chi connectivity index (χ1n) is 10.7. The number of rotatable bonds is 12. The lowest BCUT2D eigenvalue weighted by Crippen LogP contribution is -2.21. The van der Waals surface area contributed by atoms with Crippen LogP contribution in [-0.2, 0) is 9.53 Å². The number of carbonyl (C=O) groups excluding carboxylic acids is 1. The fourth-order valence-corrected chi connectivity index (χ4v) is 3.74. The maximum atomic E-state index is 11.1. The van der Waals surface area contributed by atoms with Gasteiger partial charge in [-0.1, -0.05) is 48.0 Å². The van der Waals surface area contributed by atoms with Gasteiger partial charge in [0.1, 0.15) is 0 Å². The zero-order valence-electron chi connectivity index (χ0n) is 18.6. The Hall–Kier alpha value is -2.08. The molecule has 0 aromatic rings. The number of carbonyl (C=O) groups is 1. The first kappa shape index (κ1) is 26.0. The van der Waals surface area contributed by atoms with E-state index in [4.69, 9.17) is 5.53 Å². The number of hydrogen-bond donors (Lipinski definition) is 2. The van der Waals surface area contributed by atoms with Gasteiger partial charge in [0, 0.05) is 23.3 Å². The molecule has 0 heterocycles. The minimum absolute atomic E-state index is 0.0238. The van der Waals surface area contributed by atoms with Crippen LogP contribution in [0.4, 0.5) is 0 Å². The van der Waals surface area contributed by atoms with Crippen molar-refractivity contribution in [1.29, 1.82) is 0 Å². The van der Waals surface area contributed by atoms with Crippen molar-refractivity contribution in [2.75, 3.05) is 7.11 Å².